The molecular formula is C16H23N3S. The van der Waals surface area contributed by atoms with Crippen molar-refractivity contribution >= 4 is 11.3 Å². The molecule has 0 aliphatic heterocycles. The first-order valence-electron chi connectivity index (χ1n) is 7.07. The standard InChI is InChI=1S/C16H23N3S/c1-12-5-7-17-16(9-12)10-13(2)19(4)8-6-15-11-20-14(3)18-15/h5,7,9,11,13H,6,8,10H2,1-4H3. The quantitative estimate of drug-likeness (QED) is 0.817. The summed E-state index contributed by atoms with van der Waals surface area (Å²) >= 11 is 1.73. The predicted molar refractivity (Wildman–Crippen MR) is 85.3 cm³/mol. The molecule has 2 aromatic heterocycles. The topological polar surface area (TPSA) is 29.0 Å². The number of aromatic nitrogens is 2. The molecule has 2 aromatic rings. The van der Waals surface area contributed by atoms with Crippen molar-refractivity contribution in [3.8, 4) is 0 Å². The summed E-state index contributed by atoms with van der Waals surface area (Å²) in [6.45, 7) is 7.47. The van der Waals surface area contributed by atoms with Crippen LogP contribution in [0.5, 0.6) is 0 Å². The van der Waals surface area contributed by atoms with Gasteiger partial charge in [-0.25, -0.2) is 4.98 Å². The maximum Gasteiger partial charge on any atom is 0.0897 e. The number of aryl methyl sites for hydroxylation is 2. The van der Waals surface area contributed by atoms with Crippen LogP contribution in [-0.2, 0) is 12.8 Å². The molecule has 0 bridgehead atoms. The highest BCUT2D eigenvalue weighted by atomic mass is 32.1. The Labute approximate surface area is 125 Å². The van der Waals surface area contributed by atoms with E-state index in [4.69, 9.17) is 0 Å². The van der Waals surface area contributed by atoms with Gasteiger partial charge in [-0.15, -0.1) is 11.3 Å². The van der Waals surface area contributed by atoms with E-state index in [0.717, 1.165) is 24.4 Å². The van der Waals surface area contributed by atoms with Crippen molar-refractivity contribution in [1.82, 2.24) is 14.9 Å². The van der Waals surface area contributed by atoms with E-state index >= 15 is 0 Å². The van der Waals surface area contributed by atoms with Crippen LogP contribution in [0.2, 0.25) is 0 Å². The molecule has 0 saturated carbocycles. The third kappa shape index (κ3) is 4.39. The van der Waals surface area contributed by atoms with Gasteiger partial charge < -0.3 is 4.90 Å². The fourth-order valence-electron chi connectivity index (χ4n) is 2.20. The third-order valence-electron chi connectivity index (χ3n) is 3.62. The molecule has 4 heteroatoms. The van der Waals surface area contributed by atoms with Crippen molar-refractivity contribution < 1.29 is 0 Å². The van der Waals surface area contributed by atoms with Crippen LogP contribution in [0, 0.1) is 13.8 Å². The average Bonchev–Trinajstić information content (AvgIpc) is 2.81. The first kappa shape index (κ1) is 15.1. The van der Waals surface area contributed by atoms with E-state index in [9.17, 15) is 0 Å². The first-order valence-corrected chi connectivity index (χ1v) is 7.95. The molecule has 0 aliphatic rings. The van der Waals surface area contributed by atoms with Crippen LogP contribution < -0.4 is 0 Å². The molecule has 0 radical (unpaired) electrons. The van der Waals surface area contributed by atoms with Crippen LogP contribution >= 0.6 is 11.3 Å². The summed E-state index contributed by atoms with van der Waals surface area (Å²) in [6, 6.07) is 4.71. The highest BCUT2D eigenvalue weighted by Crippen LogP contribution is 2.11. The lowest BCUT2D eigenvalue weighted by Crippen LogP contribution is -2.33. The lowest BCUT2D eigenvalue weighted by atomic mass is 10.1. The van der Waals surface area contributed by atoms with Crippen molar-refractivity contribution in [1.29, 1.82) is 0 Å². The van der Waals surface area contributed by atoms with Crippen LogP contribution in [0.15, 0.2) is 23.7 Å². The fourth-order valence-corrected chi connectivity index (χ4v) is 2.85. The van der Waals surface area contributed by atoms with Crippen molar-refractivity contribution in [3.05, 3.63) is 45.7 Å². The van der Waals surface area contributed by atoms with Gasteiger partial charge in [0.05, 0.1) is 10.7 Å². The van der Waals surface area contributed by atoms with Gasteiger partial charge in [0.25, 0.3) is 0 Å². The molecule has 1 unspecified atom stereocenters. The van der Waals surface area contributed by atoms with E-state index in [2.05, 4.69) is 54.1 Å². The first-order chi connectivity index (χ1) is 9.54. The molecule has 0 fully saturated rings. The summed E-state index contributed by atoms with van der Waals surface area (Å²) in [6.07, 6.45) is 3.91. The summed E-state index contributed by atoms with van der Waals surface area (Å²) in [5.41, 5.74) is 3.66. The van der Waals surface area contributed by atoms with E-state index in [1.54, 1.807) is 11.3 Å². The molecule has 0 aliphatic carbocycles. The zero-order valence-corrected chi connectivity index (χ0v) is 13.6. The van der Waals surface area contributed by atoms with Crippen LogP contribution in [0.25, 0.3) is 0 Å². The van der Waals surface area contributed by atoms with Crippen molar-refractivity contribution in [2.45, 2.75) is 39.7 Å². The van der Waals surface area contributed by atoms with E-state index in [1.165, 1.54) is 17.0 Å². The Kier molecular flexibility index (Phi) is 5.26. The van der Waals surface area contributed by atoms with E-state index in [0.29, 0.717) is 6.04 Å². The number of likely N-dealkylation sites (N-methyl/N-ethyl adjacent to an activating group) is 1. The summed E-state index contributed by atoms with van der Waals surface area (Å²) in [4.78, 5) is 11.4. The second-order valence-electron chi connectivity index (χ2n) is 5.47. The van der Waals surface area contributed by atoms with Gasteiger partial charge >= 0.3 is 0 Å². The Bertz CT molecular complexity index is 550. The molecule has 0 saturated heterocycles. The monoisotopic (exact) mass is 289 g/mol. The smallest absolute Gasteiger partial charge is 0.0897 e. The molecule has 20 heavy (non-hydrogen) atoms. The fraction of sp³-hybridized carbons (Fsp3) is 0.500. The molecule has 0 aromatic carbocycles. The molecule has 2 rings (SSSR count). The van der Waals surface area contributed by atoms with Gasteiger partial charge in [0.1, 0.15) is 0 Å². The van der Waals surface area contributed by atoms with Crippen molar-refractivity contribution in [2.24, 2.45) is 0 Å². The molecule has 1 atom stereocenters. The number of thiazole rings is 1. The molecule has 0 N–H and O–H groups in total. The molecule has 0 spiro atoms. The normalized spacial score (nSPS) is 12.8. The van der Waals surface area contributed by atoms with E-state index in [-0.39, 0.29) is 0 Å². The van der Waals surface area contributed by atoms with Crippen LogP contribution in [0.4, 0.5) is 0 Å². The zero-order valence-electron chi connectivity index (χ0n) is 12.8. The average molecular weight is 289 g/mol. The molecule has 2 heterocycles. The Morgan fingerprint density at radius 3 is 2.75 bits per heavy atom. The van der Waals surface area contributed by atoms with Crippen LogP contribution in [0.3, 0.4) is 0 Å². The minimum Gasteiger partial charge on any atom is -0.303 e. The number of hydrogen-bond donors (Lipinski definition) is 0. The lowest BCUT2D eigenvalue weighted by Gasteiger charge is -2.24. The van der Waals surface area contributed by atoms with E-state index < -0.39 is 0 Å². The van der Waals surface area contributed by atoms with E-state index in [1.807, 2.05) is 12.3 Å². The van der Waals surface area contributed by atoms with Gasteiger partial charge in [0.2, 0.25) is 0 Å². The summed E-state index contributed by atoms with van der Waals surface area (Å²) in [5, 5.41) is 3.32. The molecule has 108 valence electrons. The van der Waals surface area contributed by atoms with Gasteiger partial charge in [-0.1, -0.05) is 0 Å². The Morgan fingerprint density at radius 2 is 2.10 bits per heavy atom. The van der Waals surface area contributed by atoms with Crippen molar-refractivity contribution in [2.75, 3.05) is 13.6 Å². The minimum absolute atomic E-state index is 0.490. The van der Waals surface area contributed by atoms with Gasteiger partial charge in [-0.3, -0.25) is 4.98 Å². The zero-order chi connectivity index (χ0) is 14.5. The molecule has 3 nitrogen and oxygen atoms in total. The summed E-state index contributed by atoms with van der Waals surface area (Å²) in [7, 11) is 2.18. The second kappa shape index (κ2) is 6.95. The van der Waals surface area contributed by atoms with Gasteiger partial charge in [0, 0.05) is 42.7 Å². The summed E-state index contributed by atoms with van der Waals surface area (Å²) < 4.78 is 0. The largest absolute Gasteiger partial charge is 0.303 e. The number of rotatable bonds is 6. The predicted octanol–water partition coefficient (Wildman–Crippen LogP) is 3.26. The van der Waals surface area contributed by atoms with Gasteiger partial charge in [-0.05, 0) is 45.5 Å². The third-order valence-corrected chi connectivity index (χ3v) is 4.44. The Hall–Kier alpha value is -1.26. The second-order valence-corrected chi connectivity index (χ2v) is 6.53. The Morgan fingerprint density at radius 1 is 1.30 bits per heavy atom. The summed E-state index contributed by atoms with van der Waals surface area (Å²) in [5.74, 6) is 0. The maximum absolute atomic E-state index is 4.52. The van der Waals surface area contributed by atoms with Crippen LogP contribution in [-0.4, -0.2) is 34.5 Å². The number of nitrogens with zero attached hydrogens (tertiary/aromatic N) is 3. The van der Waals surface area contributed by atoms with Crippen molar-refractivity contribution in [3.63, 3.8) is 0 Å². The highest BCUT2D eigenvalue weighted by Gasteiger charge is 2.11. The van der Waals surface area contributed by atoms with Gasteiger partial charge in [-0.2, -0.15) is 0 Å². The maximum atomic E-state index is 4.52. The lowest BCUT2D eigenvalue weighted by molar-refractivity contribution is 0.257. The molecule has 0 amide bonds. The van der Waals surface area contributed by atoms with Gasteiger partial charge in [0.15, 0.2) is 0 Å². The Balaban J connectivity index is 1.84. The van der Waals surface area contributed by atoms with Crippen LogP contribution in [0.1, 0.15) is 28.9 Å². The SMILES string of the molecule is Cc1ccnc(CC(C)N(C)CCc2csc(C)n2)c1. The minimum atomic E-state index is 0.490. The molecular weight excluding hydrogens is 266 g/mol. The number of hydrogen-bond acceptors (Lipinski definition) is 4. The highest BCUT2D eigenvalue weighted by molar-refractivity contribution is 7.09. The number of pyridine rings is 1.